The van der Waals surface area contributed by atoms with Gasteiger partial charge in [-0.15, -0.1) is 24.8 Å². The fraction of sp³-hybridized carbons (Fsp3) is 0.368. The van der Waals surface area contributed by atoms with E-state index in [2.05, 4.69) is 145 Å². The zero-order chi connectivity index (χ0) is 29.8. The molecule has 0 atom stereocenters. The third-order valence-corrected chi connectivity index (χ3v) is 14.6. The van der Waals surface area contributed by atoms with E-state index < -0.39 is 15.0 Å². The minimum atomic E-state index is -1.97. The molecule has 0 saturated carbocycles. The molecule has 0 N–H and O–H groups in total. The predicted octanol–water partition coefficient (Wildman–Crippen LogP) is 9.91. The molecule has 5 rings (SSSR count). The van der Waals surface area contributed by atoms with Crippen molar-refractivity contribution in [3.8, 4) is 0 Å². The van der Waals surface area contributed by atoms with Gasteiger partial charge in [0.25, 0.3) is 0 Å². The van der Waals surface area contributed by atoms with Gasteiger partial charge in [-0.25, -0.2) is 0 Å². The van der Waals surface area contributed by atoms with E-state index in [9.17, 15) is 0 Å². The number of benzene rings is 3. The van der Waals surface area contributed by atoms with Crippen LogP contribution in [0.5, 0.6) is 0 Å². The van der Waals surface area contributed by atoms with Crippen LogP contribution in [0.1, 0.15) is 73.6 Å². The van der Waals surface area contributed by atoms with Crippen molar-refractivity contribution in [2.75, 3.05) is 22.9 Å². The smallest absolute Gasteiger partial charge is 0.147 e. The van der Waals surface area contributed by atoms with E-state index in [0.717, 1.165) is 13.1 Å². The zero-order valence-electron chi connectivity index (χ0n) is 27.8. The van der Waals surface area contributed by atoms with Crippen LogP contribution in [0, 0.1) is 47.0 Å². The fourth-order valence-corrected chi connectivity index (χ4v) is 13.2. The minimum absolute atomic E-state index is 0. The number of nitrogens with zero attached hydrogens (tertiary/aromatic N) is 2. The van der Waals surface area contributed by atoms with Crippen molar-refractivity contribution >= 4 is 45.2 Å². The first-order chi connectivity index (χ1) is 19.3. The average Bonchev–Trinajstić information content (AvgIpc) is 3.35. The summed E-state index contributed by atoms with van der Waals surface area (Å²) >= 11 is -1.97. The van der Waals surface area contributed by atoms with Gasteiger partial charge in [0, 0.05) is 0 Å². The molecule has 0 unspecified atom stereocenters. The number of rotatable bonds is 4. The molecule has 2 aliphatic rings. The molecule has 1 aliphatic heterocycles. The quantitative estimate of drug-likeness (QED) is 0.250. The number of halogens is 2. The number of hydrogen-bond acceptors (Lipinski definition) is 2. The molecule has 0 amide bonds. The van der Waals surface area contributed by atoms with E-state index in [1.54, 1.807) is 4.17 Å². The molecule has 1 saturated heterocycles. The SMILES string of the molecule is CC1=C(C)C(C)(C)[C]([Ru](=[CH]c2ccccc2)=[C]2N(c3c(C)cc(C)cc3C)CCN2c2c(C)cc(C)cc2C)=C1C.Cl.Cl. The Labute approximate surface area is 277 Å². The van der Waals surface area contributed by atoms with Crippen LogP contribution in [0.25, 0.3) is 0 Å². The van der Waals surface area contributed by atoms with E-state index in [1.165, 1.54) is 71.4 Å². The average molecular weight is 706 g/mol. The van der Waals surface area contributed by atoms with Crippen molar-refractivity contribution in [1.82, 2.24) is 0 Å². The summed E-state index contributed by atoms with van der Waals surface area (Å²) in [6, 6.07) is 20.5. The van der Waals surface area contributed by atoms with E-state index in [4.69, 9.17) is 0 Å². The first-order valence-electron chi connectivity index (χ1n) is 14.8. The standard InChI is InChI=1S/C21H26N2.C10H15.C7H6.2ClH.Ru/c1-14-9-16(3)20(17(4)10-14)22-7-8-23(13-22)21-18(5)11-15(2)12-19(21)6;1-7-6-10(4,5)9(3)8(7)2;1-7-5-3-2-4-6-7;;;/h9-12H,7-8H2,1-6H3;1-5H3;1-6H;2*1H;. The molecule has 0 aromatic heterocycles. The summed E-state index contributed by atoms with van der Waals surface area (Å²) in [7, 11) is 0. The Balaban J connectivity index is 0.00000253. The van der Waals surface area contributed by atoms with Crippen LogP contribution in [0.2, 0.25) is 0 Å². The van der Waals surface area contributed by atoms with Crippen molar-refractivity contribution in [2.24, 2.45) is 5.41 Å². The summed E-state index contributed by atoms with van der Waals surface area (Å²) in [4.78, 5) is 5.45. The third kappa shape index (κ3) is 6.29. The van der Waals surface area contributed by atoms with Crippen LogP contribution in [0.4, 0.5) is 11.4 Å². The normalized spacial score (nSPS) is 17.0. The maximum atomic E-state index is 2.72. The molecule has 1 fully saturated rings. The minimum Gasteiger partial charge on any atom is -0.147 e. The summed E-state index contributed by atoms with van der Waals surface area (Å²) in [6.07, 6.45) is 0. The predicted molar refractivity (Wildman–Crippen MR) is 192 cm³/mol. The van der Waals surface area contributed by atoms with E-state index in [-0.39, 0.29) is 30.2 Å². The van der Waals surface area contributed by atoms with Gasteiger partial charge < -0.3 is 0 Å². The largest absolute Gasteiger partial charge is 0.147 e. The molecule has 0 spiro atoms. The Morgan fingerprint density at radius 2 is 1.05 bits per heavy atom. The molecule has 0 bridgehead atoms. The second kappa shape index (κ2) is 13.4. The molecule has 43 heavy (non-hydrogen) atoms. The van der Waals surface area contributed by atoms with Gasteiger partial charge in [0.05, 0.1) is 0 Å². The monoisotopic (exact) mass is 705 g/mol. The van der Waals surface area contributed by atoms with Gasteiger partial charge in [0.1, 0.15) is 0 Å². The van der Waals surface area contributed by atoms with Gasteiger partial charge in [-0.05, 0) is 0 Å². The molecule has 3 aromatic rings. The maximum Gasteiger partial charge on any atom is -0.147 e. The summed E-state index contributed by atoms with van der Waals surface area (Å²) in [5, 5.41) is 0. The molecule has 2 nitrogen and oxygen atoms in total. The molecule has 0 radical (unpaired) electrons. The summed E-state index contributed by atoms with van der Waals surface area (Å²) < 4.78 is 5.86. The molecule has 3 aromatic carbocycles. The van der Waals surface area contributed by atoms with Crippen LogP contribution in [0.15, 0.2) is 75.5 Å². The van der Waals surface area contributed by atoms with Crippen molar-refractivity contribution < 1.29 is 15.0 Å². The second-order valence-corrected chi connectivity index (χ2v) is 16.2. The Hall–Kier alpha value is -2.32. The summed E-state index contributed by atoms with van der Waals surface area (Å²) in [5.74, 6) is 0. The third-order valence-electron chi connectivity index (χ3n) is 9.09. The van der Waals surface area contributed by atoms with Gasteiger partial charge in [0.2, 0.25) is 0 Å². The molecular weight excluding hydrogens is 656 g/mol. The van der Waals surface area contributed by atoms with Crippen molar-refractivity contribution in [3.63, 3.8) is 0 Å². The van der Waals surface area contributed by atoms with Gasteiger partial charge in [-0.1, -0.05) is 0 Å². The topological polar surface area (TPSA) is 6.48 Å². The van der Waals surface area contributed by atoms with Crippen LogP contribution in [-0.2, 0) is 15.0 Å². The second-order valence-electron chi connectivity index (χ2n) is 12.7. The number of hydrogen-bond donors (Lipinski definition) is 0. The van der Waals surface area contributed by atoms with Crippen LogP contribution in [0.3, 0.4) is 0 Å². The van der Waals surface area contributed by atoms with Gasteiger partial charge >= 0.3 is 254 Å². The van der Waals surface area contributed by atoms with E-state index in [0.29, 0.717) is 0 Å². The maximum absolute atomic E-state index is 2.72. The van der Waals surface area contributed by atoms with Crippen LogP contribution >= 0.6 is 24.8 Å². The van der Waals surface area contributed by atoms with Crippen LogP contribution < -0.4 is 9.80 Å². The van der Waals surface area contributed by atoms with Crippen LogP contribution in [-0.4, -0.2) is 22.1 Å². The fourth-order valence-electron chi connectivity index (χ4n) is 7.06. The summed E-state index contributed by atoms with van der Waals surface area (Å²) in [6.45, 7) is 27.7. The zero-order valence-corrected chi connectivity index (χ0v) is 31.1. The van der Waals surface area contributed by atoms with Crippen molar-refractivity contribution in [2.45, 2.75) is 76.2 Å². The number of anilines is 2. The van der Waals surface area contributed by atoms with E-state index >= 15 is 0 Å². The molecular formula is C38H49Cl2N2Ru. The first kappa shape index (κ1) is 35.2. The number of aryl methyl sites for hydroxylation is 6. The molecule has 5 heteroatoms. The van der Waals surface area contributed by atoms with E-state index in [1.807, 2.05) is 0 Å². The Bertz CT molecular complexity index is 1590. The molecule has 233 valence electrons. The van der Waals surface area contributed by atoms with Gasteiger partial charge in [0.15, 0.2) is 0 Å². The van der Waals surface area contributed by atoms with Gasteiger partial charge in [-0.3, -0.25) is 0 Å². The number of allylic oxidation sites excluding steroid dienone is 4. The van der Waals surface area contributed by atoms with Crippen molar-refractivity contribution in [1.29, 1.82) is 0 Å². The Kier molecular flexibility index (Phi) is 10.9. The Morgan fingerprint density at radius 1 is 0.628 bits per heavy atom. The summed E-state index contributed by atoms with van der Waals surface area (Å²) in [5.41, 5.74) is 16.8. The Morgan fingerprint density at radius 3 is 1.42 bits per heavy atom. The molecule has 1 heterocycles. The first-order valence-corrected chi connectivity index (χ1v) is 17.6. The molecule has 1 aliphatic carbocycles. The van der Waals surface area contributed by atoms with Gasteiger partial charge in [-0.2, -0.15) is 0 Å². The van der Waals surface area contributed by atoms with Crippen molar-refractivity contribution in [3.05, 3.63) is 114 Å².